The molecule has 0 bridgehead atoms. The maximum Gasteiger partial charge on any atom is 0.358 e. The van der Waals surface area contributed by atoms with E-state index in [4.69, 9.17) is 21.0 Å². The SMILES string of the molecule is CC(C)ON=C(N)c1ccc(CN)nc1C(=O)OC(C)(C)C. The standard InChI is InChI=1S/C15H24N4O3/c1-9(2)22-19-13(17)11-7-6-10(8-16)18-12(11)14(20)21-15(3,4)5/h6-7,9H,8,16H2,1-5H3,(H2,17,19). The van der Waals surface area contributed by atoms with E-state index >= 15 is 0 Å². The molecule has 0 aromatic carbocycles. The number of carbonyl (C=O) groups is 1. The Hall–Kier alpha value is -2.15. The lowest BCUT2D eigenvalue weighted by Crippen LogP contribution is -2.28. The minimum Gasteiger partial charge on any atom is -0.455 e. The van der Waals surface area contributed by atoms with Crippen molar-refractivity contribution >= 4 is 11.8 Å². The number of hydrogen-bond donors (Lipinski definition) is 2. The van der Waals surface area contributed by atoms with E-state index in [1.165, 1.54) is 0 Å². The minimum absolute atomic E-state index is 0.0608. The molecule has 0 aliphatic heterocycles. The largest absolute Gasteiger partial charge is 0.455 e. The highest BCUT2D eigenvalue weighted by Gasteiger charge is 2.23. The van der Waals surface area contributed by atoms with Gasteiger partial charge in [-0.05, 0) is 46.8 Å². The molecular weight excluding hydrogens is 284 g/mol. The number of nitrogens with two attached hydrogens (primary N) is 2. The number of oxime groups is 1. The molecule has 0 atom stereocenters. The van der Waals surface area contributed by atoms with Crippen LogP contribution in [0.25, 0.3) is 0 Å². The highest BCUT2D eigenvalue weighted by Crippen LogP contribution is 2.15. The number of pyridine rings is 1. The van der Waals surface area contributed by atoms with Crippen molar-refractivity contribution in [3.05, 3.63) is 29.1 Å². The number of carbonyl (C=O) groups excluding carboxylic acids is 1. The van der Waals surface area contributed by atoms with E-state index < -0.39 is 11.6 Å². The number of aromatic nitrogens is 1. The van der Waals surface area contributed by atoms with Crippen LogP contribution in [0.3, 0.4) is 0 Å². The number of ether oxygens (including phenoxy) is 1. The molecule has 1 rings (SSSR count). The zero-order chi connectivity index (χ0) is 16.9. The molecule has 22 heavy (non-hydrogen) atoms. The van der Waals surface area contributed by atoms with Gasteiger partial charge in [0.15, 0.2) is 11.5 Å². The van der Waals surface area contributed by atoms with E-state index in [0.717, 1.165) is 0 Å². The summed E-state index contributed by atoms with van der Waals surface area (Å²) < 4.78 is 5.35. The van der Waals surface area contributed by atoms with E-state index in [1.54, 1.807) is 32.9 Å². The summed E-state index contributed by atoms with van der Waals surface area (Å²) in [5, 5.41) is 3.80. The Balaban J connectivity index is 3.22. The van der Waals surface area contributed by atoms with Crippen molar-refractivity contribution in [2.75, 3.05) is 0 Å². The maximum absolute atomic E-state index is 12.3. The maximum atomic E-state index is 12.3. The van der Waals surface area contributed by atoms with Crippen LogP contribution in [0.15, 0.2) is 17.3 Å². The molecule has 4 N–H and O–H groups in total. The summed E-state index contributed by atoms with van der Waals surface area (Å²) in [7, 11) is 0. The van der Waals surface area contributed by atoms with Crippen LogP contribution in [0.4, 0.5) is 0 Å². The van der Waals surface area contributed by atoms with Gasteiger partial charge in [-0.25, -0.2) is 9.78 Å². The third-order valence-electron chi connectivity index (χ3n) is 2.39. The topological polar surface area (TPSA) is 113 Å². The first-order chi connectivity index (χ1) is 10.1. The summed E-state index contributed by atoms with van der Waals surface area (Å²) in [4.78, 5) is 21.6. The minimum atomic E-state index is -0.644. The molecule has 0 unspecified atom stereocenters. The molecular formula is C15H24N4O3. The van der Waals surface area contributed by atoms with E-state index in [2.05, 4.69) is 10.1 Å². The predicted molar refractivity (Wildman–Crippen MR) is 84.2 cm³/mol. The molecule has 0 aliphatic carbocycles. The van der Waals surface area contributed by atoms with Gasteiger partial charge in [-0.15, -0.1) is 0 Å². The van der Waals surface area contributed by atoms with Crippen molar-refractivity contribution in [3.63, 3.8) is 0 Å². The molecule has 0 saturated carbocycles. The van der Waals surface area contributed by atoms with Crippen molar-refractivity contribution in [1.29, 1.82) is 0 Å². The number of hydrogen-bond acceptors (Lipinski definition) is 6. The highest BCUT2D eigenvalue weighted by atomic mass is 16.6. The first-order valence-electron chi connectivity index (χ1n) is 7.07. The Labute approximate surface area is 130 Å². The zero-order valence-corrected chi connectivity index (χ0v) is 13.7. The van der Waals surface area contributed by atoms with Crippen molar-refractivity contribution in [2.45, 2.75) is 52.9 Å². The molecule has 0 radical (unpaired) electrons. The van der Waals surface area contributed by atoms with Gasteiger partial charge in [0.25, 0.3) is 0 Å². The van der Waals surface area contributed by atoms with Crippen molar-refractivity contribution in [3.8, 4) is 0 Å². The molecule has 1 heterocycles. The number of esters is 1. The average Bonchev–Trinajstić information content (AvgIpc) is 2.42. The Kier molecular flexibility index (Phi) is 5.87. The van der Waals surface area contributed by atoms with Crippen LogP contribution in [0, 0.1) is 0 Å². The molecule has 1 aromatic rings. The first-order valence-corrected chi connectivity index (χ1v) is 7.07. The summed E-state index contributed by atoms with van der Waals surface area (Å²) in [5.41, 5.74) is 11.8. The second kappa shape index (κ2) is 7.22. The van der Waals surface area contributed by atoms with Gasteiger partial charge < -0.3 is 21.0 Å². The lowest BCUT2D eigenvalue weighted by atomic mass is 10.1. The van der Waals surface area contributed by atoms with Crippen molar-refractivity contribution in [2.24, 2.45) is 16.6 Å². The van der Waals surface area contributed by atoms with Crippen molar-refractivity contribution in [1.82, 2.24) is 4.98 Å². The number of amidine groups is 1. The van der Waals surface area contributed by atoms with Gasteiger partial charge in [-0.3, -0.25) is 0 Å². The molecule has 122 valence electrons. The summed E-state index contributed by atoms with van der Waals surface area (Å²) >= 11 is 0. The monoisotopic (exact) mass is 308 g/mol. The van der Waals surface area contributed by atoms with Gasteiger partial charge in [0.2, 0.25) is 0 Å². The summed E-state index contributed by atoms with van der Waals surface area (Å²) in [6.07, 6.45) is -0.125. The molecule has 0 amide bonds. The smallest absolute Gasteiger partial charge is 0.358 e. The first kappa shape index (κ1) is 17.9. The van der Waals surface area contributed by atoms with E-state index in [0.29, 0.717) is 11.3 Å². The Morgan fingerprint density at radius 3 is 2.50 bits per heavy atom. The van der Waals surface area contributed by atoms with Gasteiger partial charge in [-0.1, -0.05) is 5.16 Å². The summed E-state index contributed by atoms with van der Waals surface area (Å²) in [6.45, 7) is 9.17. The van der Waals surface area contributed by atoms with Gasteiger partial charge >= 0.3 is 5.97 Å². The van der Waals surface area contributed by atoms with E-state index in [1.807, 2.05) is 13.8 Å². The van der Waals surface area contributed by atoms with Crippen LogP contribution in [-0.2, 0) is 16.1 Å². The lowest BCUT2D eigenvalue weighted by Gasteiger charge is -2.20. The van der Waals surface area contributed by atoms with Crippen LogP contribution < -0.4 is 11.5 Å². The van der Waals surface area contributed by atoms with E-state index in [9.17, 15) is 4.79 Å². The summed E-state index contributed by atoms with van der Waals surface area (Å²) in [5.74, 6) is -0.522. The molecule has 7 heteroatoms. The van der Waals surface area contributed by atoms with Gasteiger partial charge in [-0.2, -0.15) is 0 Å². The number of rotatable bonds is 5. The summed E-state index contributed by atoms with van der Waals surface area (Å²) in [6, 6.07) is 3.32. The fourth-order valence-electron chi connectivity index (χ4n) is 1.51. The Morgan fingerprint density at radius 1 is 1.36 bits per heavy atom. The van der Waals surface area contributed by atoms with Gasteiger partial charge in [0.05, 0.1) is 11.3 Å². The lowest BCUT2D eigenvalue weighted by molar-refractivity contribution is 0.00622. The van der Waals surface area contributed by atoms with E-state index in [-0.39, 0.29) is 24.2 Å². The Bertz CT molecular complexity index is 562. The van der Waals surface area contributed by atoms with Crippen LogP contribution in [0.5, 0.6) is 0 Å². The third kappa shape index (κ3) is 5.33. The van der Waals surface area contributed by atoms with Crippen LogP contribution in [0.2, 0.25) is 0 Å². The second-order valence-electron chi connectivity index (χ2n) is 6.04. The van der Waals surface area contributed by atoms with Gasteiger partial charge in [0.1, 0.15) is 11.7 Å². The van der Waals surface area contributed by atoms with Crippen LogP contribution >= 0.6 is 0 Å². The third-order valence-corrected chi connectivity index (χ3v) is 2.39. The highest BCUT2D eigenvalue weighted by molar-refractivity contribution is 6.05. The van der Waals surface area contributed by atoms with Gasteiger partial charge in [0, 0.05) is 6.54 Å². The molecule has 1 aromatic heterocycles. The normalized spacial score (nSPS) is 12.4. The molecule has 0 fully saturated rings. The average molecular weight is 308 g/mol. The van der Waals surface area contributed by atoms with Crippen molar-refractivity contribution < 1.29 is 14.4 Å². The quantitative estimate of drug-likeness (QED) is 0.369. The predicted octanol–water partition coefficient (Wildman–Crippen LogP) is 1.54. The fourth-order valence-corrected chi connectivity index (χ4v) is 1.51. The Morgan fingerprint density at radius 2 is 2.00 bits per heavy atom. The fraction of sp³-hybridized carbons (Fsp3) is 0.533. The van der Waals surface area contributed by atoms with Crippen LogP contribution in [-0.4, -0.2) is 28.5 Å². The second-order valence-corrected chi connectivity index (χ2v) is 6.04. The van der Waals surface area contributed by atoms with Crippen LogP contribution in [0.1, 0.15) is 56.4 Å². The number of nitrogens with zero attached hydrogens (tertiary/aromatic N) is 2. The molecule has 0 aliphatic rings. The molecule has 7 nitrogen and oxygen atoms in total. The molecule has 0 spiro atoms. The molecule has 0 saturated heterocycles. The zero-order valence-electron chi connectivity index (χ0n) is 13.7.